The zero-order chi connectivity index (χ0) is 22.2. The molecule has 0 aliphatic carbocycles. The molecule has 4 aromatic rings. The number of aromatic amines is 3. The lowest BCUT2D eigenvalue weighted by atomic mass is 10.2. The number of carbonyl (C=O) groups excluding carboxylic acids is 1. The van der Waals surface area contributed by atoms with Gasteiger partial charge in [-0.25, -0.2) is 14.6 Å². The molecule has 12 heteroatoms. The van der Waals surface area contributed by atoms with E-state index in [1.54, 1.807) is 19.3 Å². The van der Waals surface area contributed by atoms with Gasteiger partial charge in [-0.1, -0.05) is 0 Å². The third-order valence-corrected chi connectivity index (χ3v) is 5.53. The van der Waals surface area contributed by atoms with E-state index in [2.05, 4.69) is 35.5 Å². The van der Waals surface area contributed by atoms with Gasteiger partial charge in [0, 0.05) is 32.2 Å². The van der Waals surface area contributed by atoms with Crippen molar-refractivity contribution in [1.29, 1.82) is 0 Å². The second kappa shape index (κ2) is 8.05. The Labute approximate surface area is 181 Å². The molecule has 5 rings (SSSR count). The van der Waals surface area contributed by atoms with E-state index in [1.807, 2.05) is 6.92 Å². The molecule has 0 radical (unpaired) electrons. The van der Waals surface area contributed by atoms with Gasteiger partial charge in [0.25, 0.3) is 5.91 Å². The molecule has 1 aliphatic rings. The lowest BCUT2D eigenvalue weighted by Gasteiger charge is -2.26. The van der Waals surface area contributed by atoms with Crippen molar-refractivity contribution in [3.63, 3.8) is 0 Å². The number of anilines is 1. The number of carbonyl (C=O) groups is 1. The Balaban J connectivity index is 1.36. The number of furan rings is 1. The number of imidazole rings is 1. The average Bonchev–Trinajstić information content (AvgIpc) is 3.51. The van der Waals surface area contributed by atoms with Crippen LogP contribution in [0.15, 0.2) is 27.7 Å². The van der Waals surface area contributed by atoms with Gasteiger partial charge in [0.15, 0.2) is 17.0 Å². The average molecular weight is 439 g/mol. The predicted octanol–water partition coefficient (Wildman–Crippen LogP) is 0.452. The van der Waals surface area contributed by atoms with E-state index in [0.717, 1.165) is 18.7 Å². The fourth-order valence-corrected chi connectivity index (χ4v) is 3.71. The van der Waals surface area contributed by atoms with Gasteiger partial charge in [0.2, 0.25) is 5.52 Å². The van der Waals surface area contributed by atoms with Crippen LogP contribution in [0.25, 0.3) is 22.6 Å². The first-order chi connectivity index (χ1) is 15.5. The summed E-state index contributed by atoms with van der Waals surface area (Å²) in [5.41, 5.74) is 2.55. The Morgan fingerprint density at radius 3 is 2.94 bits per heavy atom. The zero-order valence-electron chi connectivity index (χ0n) is 17.7. The Bertz CT molecular complexity index is 1340. The summed E-state index contributed by atoms with van der Waals surface area (Å²) in [4.78, 5) is 33.5. The maximum Gasteiger partial charge on any atom is 0.318 e. The van der Waals surface area contributed by atoms with E-state index in [1.165, 1.54) is 10.9 Å². The Kier molecular flexibility index (Phi) is 5.07. The van der Waals surface area contributed by atoms with Crippen molar-refractivity contribution < 1.29 is 18.9 Å². The SMILES string of the molecule is Cc1oc(C(=O)Nc2cn[nH]c2-c2[nH]c3cnn(C)c(=O)c3[nH+]2)cc1CN1CCOCC1. The quantitative estimate of drug-likeness (QED) is 0.409. The third kappa shape index (κ3) is 3.69. The van der Waals surface area contributed by atoms with E-state index in [0.29, 0.717) is 53.8 Å². The minimum Gasteiger partial charge on any atom is -0.456 e. The van der Waals surface area contributed by atoms with E-state index < -0.39 is 5.91 Å². The molecule has 0 atom stereocenters. The van der Waals surface area contributed by atoms with Gasteiger partial charge in [-0.05, 0) is 13.0 Å². The van der Waals surface area contributed by atoms with Crippen molar-refractivity contribution in [2.24, 2.45) is 7.05 Å². The number of ether oxygens (including phenoxy) is 1. The summed E-state index contributed by atoms with van der Waals surface area (Å²) in [5, 5.41) is 13.7. The molecule has 4 N–H and O–H groups in total. The normalized spacial score (nSPS) is 14.8. The number of amides is 1. The zero-order valence-corrected chi connectivity index (χ0v) is 17.7. The van der Waals surface area contributed by atoms with Crippen LogP contribution in [0.4, 0.5) is 5.69 Å². The number of H-pyrrole nitrogens is 3. The molecule has 0 saturated carbocycles. The third-order valence-electron chi connectivity index (χ3n) is 5.53. The fourth-order valence-electron chi connectivity index (χ4n) is 3.71. The molecule has 12 nitrogen and oxygen atoms in total. The monoisotopic (exact) mass is 439 g/mol. The van der Waals surface area contributed by atoms with Crippen LogP contribution in [0.2, 0.25) is 0 Å². The van der Waals surface area contributed by atoms with Gasteiger partial charge >= 0.3 is 11.4 Å². The van der Waals surface area contributed by atoms with Crippen LogP contribution in [0.1, 0.15) is 21.9 Å². The van der Waals surface area contributed by atoms with Crippen molar-refractivity contribution in [1.82, 2.24) is 29.9 Å². The molecule has 0 bridgehead atoms. The molecule has 0 unspecified atom stereocenters. The first kappa shape index (κ1) is 20.2. The van der Waals surface area contributed by atoms with Crippen LogP contribution in [0.5, 0.6) is 0 Å². The van der Waals surface area contributed by atoms with Crippen molar-refractivity contribution in [2.45, 2.75) is 13.5 Å². The molecule has 4 aromatic heterocycles. The standard InChI is InChI=1S/C20H22N8O4/c1-11-12(10-28-3-5-31-6-4-28)7-15(32-11)19(29)24-13-8-21-26-16(13)18-23-14-9-22-27(2)20(30)17(14)25-18/h7-9H,3-6,10H2,1-2H3,(H,21,26)(H,23,25)(H,24,29)/p+1. The molecular formula is C20H23N8O4+. The van der Waals surface area contributed by atoms with Crippen LogP contribution in [0, 0.1) is 6.92 Å². The molecule has 0 spiro atoms. The lowest BCUT2D eigenvalue weighted by molar-refractivity contribution is -0.331. The molecule has 0 aromatic carbocycles. The number of fused-ring (bicyclic) bond motifs is 1. The Morgan fingerprint density at radius 1 is 1.31 bits per heavy atom. The highest BCUT2D eigenvalue weighted by atomic mass is 16.5. The highest BCUT2D eigenvalue weighted by Gasteiger charge is 2.23. The van der Waals surface area contributed by atoms with Crippen LogP contribution in [-0.2, 0) is 18.3 Å². The van der Waals surface area contributed by atoms with Gasteiger partial charge in [-0.3, -0.25) is 19.6 Å². The number of morpholine rings is 1. The van der Waals surface area contributed by atoms with Crippen molar-refractivity contribution in [3.8, 4) is 11.5 Å². The smallest absolute Gasteiger partial charge is 0.318 e. The number of hydrogen-bond donors (Lipinski definition) is 3. The molecule has 1 aliphatic heterocycles. The van der Waals surface area contributed by atoms with Gasteiger partial charge in [0.05, 0.1) is 31.3 Å². The van der Waals surface area contributed by atoms with Crippen molar-refractivity contribution in [2.75, 3.05) is 31.6 Å². The van der Waals surface area contributed by atoms with E-state index in [-0.39, 0.29) is 11.3 Å². The maximum atomic E-state index is 12.9. The lowest BCUT2D eigenvalue weighted by Crippen LogP contribution is -2.35. The maximum absolute atomic E-state index is 12.9. The first-order valence-corrected chi connectivity index (χ1v) is 10.2. The number of aromatic nitrogens is 6. The van der Waals surface area contributed by atoms with Gasteiger partial charge < -0.3 is 14.5 Å². The summed E-state index contributed by atoms with van der Waals surface area (Å²) >= 11 is 0. The molecule has 1 amide bonds. The highest BCUT2D eigenvalue weighted by Crippen LogP contribution is 2.24. The van der Waals surface area contributed by atoms with Crippen LogP contribution in [-0.4, -0.2) is 62.1 Å². The van der Waals surface area contributed by atoms with Crippen LogP contribution in [0.3, 0.4) is 0 Å². The van der Waals surface area contributed by atoms with Gasteiger partial charge in [-0.15, -0.1) is 0 Å². The highest BCUT2D eigenvalue weighted by molar-refractivity contribution is 6.04. The van der Waals surface area contributed by atoms with Crippen molar-refractivity contribution >= 4 is 22.6 Å². The molecule has 1 saturated heterocycles. The van der Waals surface area contributed by atoms with Crippen LogP contribution >= 0.6 is 0 Å². The molecule has 166 valence electrons. The number of nitrogens with one attached hydrogen (secondary N) is 4. The van der Waals surface area contributed by atoms with Gasteiger partial charge in [0.1, 0.15) is 5.76 Å². The summed E-state index contributed by atoms with van der Waals surface area (Å²) in [7, 11) is 1.57. The topological polar surface area (TPSA) is 148 Å². The molecule has 5 heterocycles. The molecule has 1 fully saturated rings. The second-order valence-corrected chi connectivity index (χ2v) is 7.68. The Hall–Kier alpha value is -3.77. The van der Waals surface area contributed by atoms with Crippen LogP contribution < -0.4 is 15.9 Å². The summed E-state index contributed by atoms with van der Waals surface area (Å²) in [6.45, 7) is 5.68. The fraction of sp³-hybridized carbons (Fsp3) is 0.350. The number of aryl methyl sites for hydroxylation is 2. The number of rotatable bonds is 5. The van der Waals surface area contributed by atoms with Gasteiger partial charge in [-0.2, -0.15) is 10.2 Å². The predicted molar refractivity (Wildman–Crippen MR) is 113 cm³/mol. The summed E-state index contributed by atoms with van der Waals surface area (Å²) in [6, 6.07) is 1.77. The van der Waals surface area contributed by atoms with Crippen molar-refractivity contribution in [3.05, 3.63) is 45.9 Å². The first-order valence-electron chi connectivity index (χ1n) is 10.2. The summed E-state index contributed by atoms with van der Waals surface area (Å²) < 4.78 is 12.3. The number of nitrogens with zero attached hydrogens (tertiary/aromatic N) is 4. The Morgan fingerprint density at radius 2 is 2.12 bits per heavy atom. The minimum absolute atomic E-state index is 0.219. The largest absolute Gasteiger partial charge is 0.456 e. The number of hydrogen-bond acceptors (Lipinski definition) is 7. The van der Waals surface area contributed by atoms with E-state index >= 15 is 0 Å². The molecule has 32 heavy (non-hydrogen) atoms. The molecular weight excluding hydrogens is 416 g/mol. The minimum atomic E-state index is -0.391. The van der Waals surface area contributed by atoms with E-state index in [9.17, 15) is 9.59 Å². The summed E-state index contributed by atoms with van der Waals surface area (Å²) in [6.07, 6.45) is 3.04. The summed E-state index contributed by atoms with van der Waals surface area (Å²) in [5.74, 6) is 1.03. The second-order valence-electron chi connectivity index (χ2n) is 7.68. The van der Waals surface area contributed by atoms with E-state index in [4.69, 9.17) is 9.15 Å².